The first-order valence-corrected chi connectivity index (χ1v) is 5.32. The van der Waals surface area contributed by atoms with E-state index in [1.807, 2.05) is 0 Å². The Hall–Kier alpha value is -1.42. The number of methoxy groups -OCH3 is 2. The molecule has 4 nitrogen and oxygen atoms in total. The second-order valence-corrected chi connectivity index (χ2v) is 4.21. The fraction of sp³-hybridized carbons (Fsp3) is 0.500. The van der Waals surface area contributed by atoms with Gasteiger partial charge in [-0.15, -0.1) is 0 Å². The van der Waals surface area contributed by atoms with Gasteiger partial charge in [-0.1, -0.05) is 0 Å². The summed E-state index contributed by atoms with van der Waals surface area (Å²) in [5, 5.41) is 9.66. The number of phenolic OH excluding ortho intramolecular Hbond substituents is 1. The Bertz CT molecular complexity index is 399. The first kappa shape index (κ1) is 11.1. The number of ether oxygens (including phenoxy) is 2. The van der Waals surface area contributed by atoms with Gasteiger partial charge in [-0.2, -0.15) is 0 Å². The van der Waals surface area contributed by atoms with Crippen molar-refractivity contribution < 1.29 is 14.6 Å². The minimum atomic E-state index is -0.0304. The Morgan fingerprint density at radius 1 is 1.31 bits per heavy atom. The molecule has 1 aromatic carbocycles. The second kappa shape index (κ2) is 3.87. The molecule has 0 saturated heterocycles. The fourth-order valence-electron chi connectivity index (χ4n) is 2.08. The summed E-state index contributed by atoms with van der Waals surface area (Å²) in [4.78, 5) is 0. The van der Waals surface area contributed by atoms with E-state index in [0.29, 0.717) is 18.0 Å². The molecule has 1 saturated carbocycles. The van der Waals surface area contributed by atoms with Gasteiger partial charge in [-0.3, -0.25) is 0 Å². The molecule has 4 heteroatoms. The van der Waals surface area contributed by atoms with Gasteiger partial charge in [0.25, 0.3) is 0 Å². The van der Waals surface area contributed by atoms with E-state index in [9.17, 15) is 5.11 Å². The first-order valence-electron chi connectivity index (χ1n) is 5.32. The molecule has 0 spiro atoms. The topological polar surface area (TPSA) is 64.7 Å². The Kier molecular flexibility index (Phi) is 2.68. The van der Waals surface area contributed by atoms with Gasteiger partial charge in [0, 0.05) is 23.6 Å². The van der Waals surface area contributed by atoms with Crippen LogP contribution in [0.2, 0.25) is 0 Å². The van der Waals surface area contributed by atoms with Crippen LogP contribution in [0.5, 0.6) is 17.2 Å². The van der Waals surface area contributed by atoms with Crippen LogP contribution in [0.1, 0.15) is 18.4 Å². The number of nitrogens with two attached hydrogens (primary N) is 1. The molecule has 0 amide bonds. The average Bonchev–Trinajstić information content (AvgIpc) is 3.08. The van der Waals surface area contributed by atoms with E-state index < -0.39 is 0 Å². The molecule has 1 aliphatic carbocycles. The van der Waals surface area contributed by atoms with E-state index in [2.05, 4.69) is 0 Å². The SMILES string of the molecule is COc1cc(O)cc(C2(CN)CC2)c1OC. The molecule has 0 radical (unpaired) electrons. The molecule has 88 valence electrons. The summed E-state index contributed by atoms with van der Waals surface area (Å²) in [6, 6.07) is 3.27. The van der Waals surface area contributed by atoms with Crippen LogP contribution in [0, 0.1) is 0 Å². The monoisotopic (exact) mass is 223 g/mol. The maximum absolute atomic E-state index is 9.66. The highest BCUT2D eigenvalue weighted by molar-refractivity contribution is 5.56. The highest BCUT2D eigenvalue weighted by Gasteiger charge is 2.45. The lowest BCUT2D eigenvalue weighted by atomic mass is 9.94. The Labute approximate surface area is 95.0 Å². The van der Waals surface area contributed by atoms with Crippen LogP contribution in [0.25, 0.3) is 0 Å². The number of hydrogen-bond acceptors (Lipinski definition) is 4. The Morgan fingerprint density at radius 2 is 2.00 bits per heavy atom. The summed E-state index contributed by atoms with van der Waals surface area (Å²) in [6.07, 6.45) is 2.07. The van der Waals surface area contributed by atoms with Crippen LogP contribution in [0.4, 0.5) is 0 Å². The van der Waals surface area contributed by atoms with E-state index in [1.165, 1.54) is 0 Å². The zero-order valence-corrected chi connectivity index (χ0v) is 9.62. The predicted molar refractivity (Wildman–Crippen MR) is 61.2 cm³/mol. The van der Waals surface area contributed by atoms with Crippen molar-refractivity contribution in [2.24, 2.45) is 5.73 Å². The van der Waals surface area contributed by atoms with Crippen molar-refractivity contribution in [1.29, 1.82) is 0 Å². The van der Waals surface area contributed by atoms with Crippen LogP contribution in [0.15, 0.2) is 12.1 Å². The summed E-state index contributed by atoms with van der Waals surface area (Å²) in [7, 11) is 3.16. The zero-order chi connectivity index (χ0) is 11.8. The quantitative estimate of drug-likeness (QED) is 0.809. The van der Waals surface area contributed by atoms with Crippen LogP contribution in [-0.4, -0.2) is 25.9 Å². The van der Waals surface area contributed by atoms with Crippen molar-refractivity contribution in [2.75, 3.05) is 20.8 Å². The molecule has 1 aliphatic rings. The van der Waals surface area contributed by atoms with Crippen molar-refractivity contribution in [3.05, 3.63) is 17.7 Å². The molecule has 2 rings (SSSR count). The van der Waals surface area contributed by atoms with Gasteiger partial charge in [-0.25, -0.2) is 0 Å². The van der Waals surface area contributed by atoms with E-state index in [-0.39, 0.29) is 11.2 Å². The van der Waals surface area contributed by atoms with E-state index in [4.69, 9.17) is 15.2 Å². The Balaban J connectivity index is 2.54. The number of hydrogen-bond donors (Lipinski definition) is 2. The predicted octanol–water partition coefficient (Wildman–Crippen LogP) is 1.40. The fourth-order valence-corrected chi connectivity index (χ4v) is 2.08. The van der Waals surface area contributed by atoms with Crippen LogP contribution in [-0.2, 0) is 5.41 Å². The maximum atomic E-state index is 9.66. The maximum Gasteiger partial charge on any atom is 0.164 e. The van der Waals surface area contributed by atoms with Crippen LogP contribution < -0.4 is 15.2 Å². The third kappa shape index (κ3) is 1.59. The summed E-state index contributed by atoms with van der Waals surface area (Å²) < 4.78 is 10.6. The normalized spacial score (nSPS) is 16.9. The van der Waals surface area contributed by atoms with E-state index >= 15 is 0 Å². The van der Waals surface area contributed by atoms with Gasteiger partial charge in [0.05, 0.1) is 14.2 Å². The van der Waals surface area contributed by atoms with Crippen molar-refractivity contribution in [2.45, 2.75) is 18.3 Å². The molecule has 0 aromatic heterocycles. The molecule has 0 bridgehead atoms. The largest absolute Gasteiger partial charge is 0.508 e. The molecule has 1 aromatic rings. The van der Waals surface area contributed by atoms with Gasteiger partial charge in [0.15, 0.2) is 11.5 Å². The van der Waals surface area contributed by atoms with Crippen molar-refractivity contribution in [3.8, 4) is 17.2 Å². The molecule has 0 heterocycles. The van der Waals surface area contributed by atoms with Crippen LogP contribution >= 0.6 is 0 Å². The van der Waals surface area contributed by atoms with Gasteiger partial charge in [0.2, 0.25) is 0 Å². The van der Waals surface area contributed by atoms with Gasteiger partial charge in [-0.05, 0) is 18.9 Å². The molecule has 0 unspecified atom stereocenters. The lowest BCUT2D eigenvalue weighted by Crippen LogP contribution is -2.20. The second-order valence-electron chi connectivity index (χ2n) is 4.21. The van der Waals surface area contributed by atoms with Crippen molar-refractivity contribution in [1.82, 2.24) is 0 Å². The lowest BCUT2D eigenvalue weighted by molar-refractivity contribution is 0.344. The molecule has 16 heavy (non-hydrogen) atoms. The number of benzene rings is 1. The first-order chi connectivity index (χ1) is 7.66. The molecule has 3 N–H and O–H groups in total. The summed E-state index contributed by atoms with van der Waals surface area (Å²) in [5.74, 6) is 1.42. The number of rotatable bonds is 4. The molecule has 1 fully saturated rings. The summed E-state index contributed by atoms with van der Waals surface area (Å²) in [5.41, 5.74) is 6.71. The molecule has 0 atom stereocenters. The van der Waals surface area contributed by atoms with E-state index in [1.54, 1.807) is 26.4 Å². The summed E-state index contributed by atoms with van der Waals surface area (Å²) >= 11 is 0. The Morgan fingerprint density at radius 3 is 2.44 bits per heavy atom. The number of phenols is 1. The van der Waals surface area contributed by atoms with Gasteiger partial charge in [0.1, 0.15) is 5.75 Å². The van der Waals surface area contributed by atoms with Crippen molar-refractivity contribution >= 4 is 0 Å². The summed E-state index contributed by atoms with van der Waals surface area (Å²) in [6.45, 7) is 0.565. The minimum Gasteiger partial charge on any atom is -0.508 e. The third-order valence-corrected chi connectivity index (χ3v) is 3.28. The van der Waals surface area contributed by atoms with Gasteiger partial charge >= 0.3 is 0 Å². The highest BCUT2D eigenvalue weighted by atomic mass is 16.5. The zero-order valence-electron chi connectivity index (χ0n) is 9.62. The van der Waals surface area contributed by atoms with Crippen molar-refractivity contribution in [3.63, 3.8) is 0 Å². The van der Waals surface area contributed by atoms with Crippen LogP contribution in [0.3, 0.4) is 0 Å². The molecular formula is C12H17NO3. The lowest BCUT2D eigenvalue weighted by Gasteiger charge is -2.19. The average molecular weight is 223 g/mol. The smallest absolute Gasteiger partial charge is 0.164 e. The molecular weight excluding hydrogens is 206 g/mol. The number of aromatic hydroxyl groups is 1. The van der Waals surface area contributed by atoms with E-state index in [0.717, 1.165) is 18.4 Å². The standard InChI is InChI=1S/C12H17NO3/c1-15-10-6-8(14)5-9(11(10)16-2)12(7-13)3-4-12/h5-6,14H,3-4,7,13H2,1-2H3. The highest BCUT2D eigenvalue weighted by Crippen LogP contribution is 2.53. The van der Waals surface area contributed by atoms with Gasteiger partial charge < -0.3 is 20.3 Å². The minimum absolute atomic E-state index is 0.0304. The molecule has 0 aliphatic heterocycles. The third-order valence-electron chi connectivity index (χ3n) is 3.28.